The van der Waals surface area contributed by atoms with E-state index in [-0.39, 0.29) is 18.1 Å². The van der Waals surface area contributed by atoms with Crippen molar-refractivity contribution in [1.82, 2.24) is 4.90 Å². The highest BCUT2D eigenvalue weighted by Crippen LogP contribution is 2.38. The first-order valence-corrected chi connectivity index (χ1v) is 11.2. The molecule has 0 unspecified atom stereocenters. The largest absolute Gasteiger partial charge is 0.490 e. The summed E-state index contributed by atoms with van der Waals surface area (Å²) in [4.78, 5) is 49.3. The van der Waals surface area contributed by atoms with Crippen molar-refractivity contribution in [2.75, 3.05) is 26.9 Å². The van der Waals surface area contributed by atoms with Crippen LogP contribution in [0.15, 0.2) is 17.0 Å². The molecular formula is C20H22INO8S. The lowest BCUT2D eigenvalue weighted by Gasteiger charge is -2.18. The third-order valence-corrected chi connectivity index (χ3v) is 5.71. The highest BCUT2D eigenvalue weighted by molar-refractivity contribution is 14.1. The van der Waals surface area contributed by atoms with E-state index in [0.29, 0.717) is 27.2 Å². The van der Waals surface area contributed by atoms with E-state index in [1.54, 1.807) is 26.0 Å². The number of esters is 2. The molecule has 1 aliphatic heterocycles. The number of carbonyl (C=O) groups is 4. The quantitative estimate of drug-likeness (QED) is 0.254. The van der Waals surface area contributed by atoms with Gasteiger partial charge in [-0.15, -0.1) is 0 Å². The highest BCUT2D eigenvalue weighted by atomic mass is 127. The van der Waals surface area contributed by atoms with Crippen LogP contribution in [0.4, 0.5) is 4.79 Å². The van der Waals surface area contributed by atoms with Gasteiger partial charge in [0.15, 0.2) is 18.1 Å². The molecule has 0 bridgehead atoms. The third kappa shape index (κ3) is 6.12. The normalized spacial score (nSPS) is 15.8. The summed E-state index contributed by atoms with van der Waals surface area (Å²) in [5.74, 6) is -1.01. The van der Waals surface area contributed by atoms with Crippen LogP contribution < -0.4 is 9.47 Å². The Hall–Kier alpha value is -2.28. The molecule has 1 aromatic rings. The monoisotopic (exact) mass is 563 g/mol. The van der Waals surface area contributed by atoms with Gasteiger partial charge in [0.25, 0.3) is 11.1 Å². The molecule has 0 aliphatic carbocycles. The number of carbonyl (C=O) groups excluding carboxylic acids is 4. The molecular weight excluding hydrogens is 541 g/mol. The number of hydrogen-bond acceptors (Lipinski definition) is 9. The summed E-state index contributed by atoms with van der Waals surface area (Å²) in [5, 5.41) is -0.553. The van der Waals surface area contributed by atoms with E-state index in [2.05, 4.69) is 4.74 Å². The van der Waals surface area contributed by atoms with Crippen LogP contribution in [-0.2, 0) is 23.9 Å². The first-order chi connectivity index (χ1) is 14.7. The van der Waals surface area contributed by atoms with E-state index < -0.39 is 29.1 Å². The van der Waals surface area contributed by atoms with Gasteiger partial charge in [-0.25, -0.2) is 9.59 Å². The molecule has 0 aromatic heterocycles. The molecule has 2 amide bonds. The van der Waals surface area contributed by atoms with E-state index in [0.717, 1.165) is 16.7 Å². The number of rotatable bonds is 9. The van der Waals surface area contributed by atoms with Crippen molar-refractivity contribution in [3.63, 3.8) is 0 Å². The lowest BCUT2D eigenvalue weighted by Crippen LogP contribution is -2.42. The molecule has 0 spiro atoms. The van der Waals surface area contributed by atoms with E-state index in [9.17, 15) is 19.2 Å². The average molecular weight is 563 g/mol. The lowest BCUT2D eigenvalue weighted by molar-refractivity contribution is -0.148. The van der Waals surface area contributed by atoms with Crippen molar-refractivity contribution in [2.45, 2.75) is 26.8 Å². The van der Waals surface area contributed by atoms with Gasteiger partial charge in [-0.2, -0.15) is 0 Å². The van der Waals surface area contributed by atoms with Gasteiger partial charge in [-0.3, -0.25) is 14.5 Å². The minimum absolute atomic E-state index is 0.166. The minimum atomic E-state index is -1.03. The van der Waals surface area contributed by atoms with Crippen LogP contribution >= 0.6 is 34.4 Å². The maximum atomic E-state index is 12.7. The predicted octanol–water partition coefficient (Wildman–Crippen LogP) is 3.23. The Morgan fingerprint density at radius 3 is 2.52 bits per heavy atom. The van der Waals surface area contributed by atoms with Crippen molar-refractivity contribution in [1.29, 1.82) is 0 Å². The van der Waals surface area contributed by atoms with Crippen LogP contribution in [-0.4, -0.2) is 61.0 Å². The number of thioether (sulfide) groups is 1. The molecule has 1 heterocycles. The highest BCUT2D eigenvalue weighted by Gasteiger charge is 2.41. The zero-order valence-corrected chi connectivity index (χ0v) is 20.4. The maximum Gasteiger partial charge on any atom is 0.344 e. The molecule has 2 rings (SSSR count). The minimum Gasteiger partial charge on any atom is -0.490 e. The number of amides is 2. The molecule has 11 heteroatoms. The van der Waals surface area contributed by atoms with Crippen molar-refractivity contribution in [2.24, 2.45) is 0 Å². The topological polar surface area (TPSA) is 108 Å². The Bertz CT molecular complexity index is 917. The Morgan fingerprint density at radius 1 is 1.19 bits per heavy atom. The molecule has 1 fully saturated rings. The molecule has 0 N–H and O–H groups in total. The van der Waals surface area contributed by atoms with Crippen molar-refractivity contribution in [3.05, 3.63) is 26.2 Å². The number of halogens is 1. The Kier molecular flexibility index (Phi) is 9.16. The standard InChI is InChI=1S/C20H22INO8S/c1-5-28-14-8-12(7-13(21)17(14)30-10-16(23)29-6-2)9-15-18(24)22(20(26)31-15)11(3)19(25)27-4/h7-9,11H,5-6,10H2,1-4H3/b15-9+/t11-/m0/s1. The van der Waals surface area contributed by atoms with E-state index in [4.69, 9.17) is 14.2 Å². The summed E-state index contributed by atoms with van der Waals surface area (Å²) < 4.78 is 21.3. The van der Waals surface area contributed by atoms with Crippen LogP contribution in [0, 0.1) is 3.57 Å². The number of nitrogens with zero attached hydrogens (tertiary/aromatic N) is 1. The fraction of sp³-hybridized carbons (Fsp3) is 0.400. The zero-order valence-electron chi connectivity index (χ0n) is 17.4. The van der Waals surface area contributed by atoms with Gasteiger partial charge in [0.05, 0.1) is 28.8 Å². The van der Waals surface area contributed by atoms with Crippen LogP contribution in [0.2, 0.25) is 0 Å². The SMILES string of the molecule is CCOC(=O)COc1c(I)cc(/C=C2/SC(=O)N([C@@H](C)C(=O)OC)C2=O)cc1OCC. The molecule has 1 aliphatic rings. The summed E-state index contributed by atoms with van der Waals surface area (Å²) >= 11 is 2.76. The van der Waals surface area contributed by atoms with Crippen molar-refractivity contribution in [3.8, 4) is 11.5 Å². The first-order valence-electron chi connectivity index (χ1n) is 9.33. The van der Waals surface area contributed by atoms with Gasteiger partial charge >= 0.3 is 11.9 Å². The number of imide groups is 1. The zero-order chi connectivity index (χ0) is 23.1. The molecule has 1 saturated heterocycles. The van der Waals surface area contributed by atoms with E-state index >= 15 is 0 Å². The molecule has 0 saturated carbocycles. The Labute approximate surface area is 197 Å². The Morgan fingerprint density at radius 2 is 1.90 bits per heavy atom. The average Bonchev–Trinajstić information content (AvgIpc) is 2.99. The van der Waals surface area contributed by atoms with Gasteiger partial charge in [0.1, 0.15) is 6.04 Å². The van der Waals surface area contributed by atoms with Crippen LogP contribution in [0.1, 0.15) is 26.3 Å². The van der Waals surface area contributed by atoms with Crippen molar-refractivity contribution >= 4 is 63.5 Å². The molecule has 0 radical (unpaired) electrons. The van der Waals surface area contributed by atoms with Gasteiger partial charge in [-0.05, 0) is 78.9 Å². The summed E-state index contributed by atoms with van der Waals surface area (Å²) in [6.07, 6.45) is 1.54. The van der Waals surface area contributed by atoms with Crippen LogP contribution in [0.25, 0.3) is 6.08 Å². The molecule has 1 atom stereocenters. The summed E-state index contributed by atoms with van der Waals surface area (Å²) in [5.41, 5.74) is 0.590. The summed E-state index contributed by atoms with van der Waals surface area (Å²) in [6.45, 7) is 5.26. The van der Waals surface area contributed by atoms with Crippen LogP contribution in [0.5, 0.6) is 11.5 Å². The molecule has 168 valence electrons. The summed E-state index contributed by atoms with van der Waals surface area (Å²) in [6, 6.07) is 2.34. The second kappa shape index (κ2) is 11.4. The van der Waals surface area contributed by atoms with Gasteiger partial charge < -0.3 is 18.9 Å². The number of hydrogen-bond donors (Lipinski definition) is 0. The predicted molar refractivity (Wildman–Crippen MR) is 122 cm³/mol. The second-order valence-corrected chi connectivity index (χ2v) is 8.26. The number of methoxy groups -OCH3 is 1. The van der Waals surface area contributed by atoms with Gasteiger partial charge in [0.2, 0.25) is 0 Å². The van der Waals surface area contributed by atoms with E-state index in [1.807, 2.05) is 22.6 Å². The fourth-order valence-corrected chi connectivity index (χ4v) is 4.34. The van der Waals surface area contributed by atoms with Crippen molar-refractivity contribution < 1.29 is 38.1 Å². The van der Waals surface area contributed by atoms with E-state index in [1.165, 1.54) is 20.1 Å². The first kappa shape index (κ1) is 25.0. The summed E-state index contributed by atoms with van der Waals surface area (Å²) in [7, 11) is 1.19. The molecule has 9 nitrogen and oxygen atoms in total. The molecule has 31 heavy (non-hydrogen) atoms. The Balaban J connectivity index is 2.31. The fourth-order valence-electron chi connectivity index (χ4n) is 2.65. The third-order valence-electron chi connectivity index (χ3n) is 4.02. The van der Waals surface area contributed by atoms with Gasteiger partial charge in [0, 0.05) is 0 Å². The number of benzene rings is 1. The molecule has 1 aromatic carbocycles. The second-order valence-electron chi connectivity index (χ2n) is 6.11. The maximum absolute atomic E-state index is 12.7. The number of ether oxygens (including phenoxy) is 4. The lowest BCUT2D eigenvalue weighted by atomic mass is 10.1. The van der Waals surface area contributed by atoms with Gasteiger partial charge in [-0.1, -0.05) is 0 Å². The smallest absolute Gasteiger partial charge is 0.344 e. The van der Waals surface area contributed by atoms with Crippen LogP contribution in [0.3, 0.4) is 0 Å².